The van der Waals surface area contributed by atoms with E-state index < -0.39 is 0 Å². The van der Waals surface area contributed by atoms with Crippen LogP contribution < -0.4 is 15.5 Å². The fraction of sp³-hybridized carbons (Fsp3) is 0.391. The van der Waals surface area contributed by atoms with E-state index in [2.05, 4.69) is 27.4 Å². The largest absolute Gasteiger partial charge is 0.367 e. The second-order valence-electron chi connectivity index (χ2n) is 7.50. The van der Waals surface area contributed by atoms with Crippen LogP contribution in [-0.4, -0.2) is 56.0 Å². The number of benzene rings is 2. The van der Waals surface area contributed by atoms with E-state index >= 15 is 0 Å². The number of rotatable bonds is 8. The number of carbonyl (C=O) groups is 2. The highest BCUT2D eigenvalue weighted by Crippen LogP contribution is 2.30. The Kier molecular flexibility index (Phi) is 8.58. The maximum absolute atomic E-state index is 12.5. The van der Waals surface area contributed by atoms with Gasteiger partial charge in [0.1, 0.15) is 0 Å². The van der Waals surface area contributed by atoms with Gasteiger partial charge in [-0.15, -0.1) is 0 Å². The molecule has 0 spiro atoms. The number of nitrogens with one attached hydrogen (secondary N) is 2. The molecule has 0 atom stereocenters. The molecule has 0 saturated carbocycles. The molecule has 2 amide bonds. The van der Waals surface area contributed by atoms with Crippen molar-refractivity contribution in [1.82, 2.24) is 10.2 Å². The Hall–Kier alpha value is -2.28. The predicted octanol–water partition coefficient (Wildman–Crippen LogP) is 4.28. The molecule has 0 radical (unpaired) electrons. The second kappa shape index (κ2) is 11.4. The third-order valence-corrected chi connectivity index (χ3v) is 5.85. The first-order valence-electron chi connectivity index (χ1n) is 10.6. The summed E-state index contributed by atoms with van der Waals surface area (Å²) in [5.41, 5.74) is 2.26. The monoisotopic (exact) mass is 462 g/mol. The highest BCUT2D eigenvalue weighted by atomic mass is 35.5. The summed E-state index contributed by atoms with van der Waals surface area (Å²) >= 11 is 12.0. The first-order valence-corrected chi connectivity index (χ1v) is 11.3. The number of hydrogen-bond donors (Lipinski definition) is 2. The Morgan fingerprint density at radius 2 is 1.65 bits per heavy atom. The Balaban J connectivity index is 1.49. The normalized spacial score (nSPS) is 14.4. The van der Waals surface area contributed by atoms with Gasteiger partial charge in [-0.25, -0.2) is 0 Å². The molecule has 0 aliphatic carbocycles. The van der Waals surface area contributed by atoms with Crippen molar-refractivity contribution >= 4 is 46.4 Å². The quantitative estimate of drug-likeness (QED) is 0.574. The molecule has 0 aromatic heterocycles. The molecule has 1 aliphatic heterocycles. The lowest BCUT2D eigenvalue weighted by Crippen LogP contribution is -2.46. The Morgan fingerprint density at radius 1 is 0.968 bits per heavy atom. The third kappa shape index (κ3) is 6.86. The Bertz CT molecular complexity index is 897. The molecule has 1 heterocycles. The highest BCUT2D eigenvalue weighted by Gasteiger charge is 2.19. The van der Waals surface area contributed by atoms with Gasteiger partial charge in [0.2, 0.25) is 5.91 Å². The summed E-state index contributed by atoms with van der Waals surface area (Å²) in [6.07, 6.45) is 0.840. The summed E-state index contributed by atoms with van der Waals surface area (Å²) in [5, 5.41) is 6.99. The molecule has 0 unspecified atom stereocenters. The summed E-state index contributed by atoms with van der Waals surface area (Å²) in [5.74, 6) is -0.281. The topological polar surface area (TPSA) is 64.7 Å². The summed E-state index contributed by atoms with van der Waals surface area (Å²) in [7, 11) is 0. The van der Waals surface area contributed by atoms with Gasteiger partial charge in [-0.05, 0) is 55.4 Å². The number of likely N-dealkylation sites (N-methyl/N-ethyl adjacent to an activating group) is 1. The van der Waals surface area contributed by atoms with E-state index in [9.17, 15) is 9.59 Å². The lowest BCUT2D eigenvalue weighted by Gasteiger charge is -2.36. The molecule has 3 rings (SSSR count). The van der Waals surface area contributed by atoms with Crippen molar-refractivity contribution in [1.29, 1.82) is 0 Å². The first kappa shape index (κ1) is 23.4. The lowest BCUT2D eigenvalue weighted by molar-refractivity contribution is -0.116. The van der Waals surface area contributed by atoms with Crippen molar-refractivity contribution in [2.75, 3.05) is 49.5 Å². The van der Waals surface area contributed by atoms with Crippen molar-refractivity contribution in [2.45, 2.75) is 19.8 Å². The molecular formula is C23H28Cl2N4O2. The number of piperazine rings is 1. The number of carbonyl (C=O) groups excluding carboxylic acids is 2. The van der Waals surface area contributed by atoms with Gasteiger partial charge in [0.25, 0.3) is 5.91 Å². The molecule has 8 heteroatoms. The number of hydrogen-bond acceptors (Lipinski definition) is 4. The van der Waals surface area contributed by atoms with Crippen molar-refractivity contribution in [3.63, 3.8) is 0 Å². The number of nitrogens with zero attached hydrogens (tertiary/aromatic N) is 2. The van der Waals surface area contributed by atoms with Crippen LogP contribution >= 0.6 is 23.2 Å². The van der Waals surface area contributed by atoms with Crippen LogP contribution in [0.25, 0.3) is 0 Å². The van der Waals surface area contributed by atoms with Crippen LogP contribution in [0.15, 0.2) is 42.5 Å². The smallest absolute Gasteiger partial charge is 0.251 e. The minimum absolute atomic E-state index is 0.101. The van der Waals surface area contributed by atoms with Gasteiger partial charge >= 0.3 is 0 Å². The van der Waals surface area contributed by atoms with E-state index in [0.29, 0.717) is 35.0 Å². The standard InChI is InChI=1S/C23H28Cl2N4O2/c1-2-28-12-14-29(15-13-28)21-10-9-19(25)16-20(21)27-22(30)4-3-11-26-23(31)17-5-7-18(24)8-6-17/h5-10,16H,2-4,11-15H2,1H3,(H,26,31)(H,27,30). The summed E-state index contributed by atoms with van der Waals surface area (Å²) < 4.78 is 0. The minimum Gasteiger partial charge on any atom is -0.367 e. The van der Waals surface area contributed by atoms with Crippen molar-refractivity contribution in [2.24, 2.45) is 0 Å². The number of amides is 2. The number of halogens is 2. The second-order valence-corrected chi connectivity index (χ2v) is 8.37. The van der Waals surface area contributed by atoms with Crippen LogP contribution in [0.1, 0.15) is 30.1 Å². The molecule has 2 aromatic carbocycles. The van der Waals surface area contributed by atoms with Crippen LogP contribution in [0.5, 0.6) is 0 Å². The molecule has 6 nitrogen and oxygen atoms in total. The average Bonchev–Trinajstić information content (AvgIpc) is 2.77. The molecule has 2 N–H and O–H groups in total. The van der Waals surface area contributed by atoms with Crippen LogP contribution in [-0.2, 0) is 4.79 Å². The van der Waals surface area contributed by atoms with Gasteiger partial charge in [0.05, 0.1) is 11.4 Å². The van der Waals surface area contributed by atoms with Gasteiger partial charge in [0.15, 0.2) is 0 Å². The maximum atomic E-state index is 12.5. The lowest BCUT2D eigenvalue weighted by atomic mass is 10.2. The fourth-order valence-corrected chi connectivity index (χ4v) is 3.85. The van der Waals surface area contributed by atoms with Crippen LogP contribution in [0, 0.1) is 0 Å². The Morgan fingerprint density at radius 3 is 2.32 bits per heavy atom. The van der Waals surface area contributed by atoms with Crippen LogP contribution in [0.2, 0.25) is 10.0 Å². The molecule has 0 bridgehead atoms. The first-order chi connectivity index (χ1) is 15.0. The van der Waals surface area contributed by atoms with Crippen LogP contribution in [0.4, 0.5) is 11.4 Å². The summed E-state index contributed by atoms with van der Waals surface area (Å²) in [6, 6.07) is 12.3. The van der Waals surface area contributed by atoms with Crippen molar-refractivity contribution in [3.8, 4) is 0 Å². The SMILES string of the molecule is CCN1CCN(c2ccc(Cl)cc2NC(=O)CCCNC(=O)c2ccc(Cl)cc2)CC1. The Labute approximate surface area is 193 Å². The highest BCUT2D eigenvalue weighted by molar-refractivity contribution is 6.31. The number of anilines is 2. The molecule has 2 aromatic rings. The fourth-order valence-electron chi connectivity index (χ4n) is 3.56. The van der Waals surface area contributed by atoms with E-state index in [0.717, 1.165) is 44.1 Å². The molecule has 31 heavy (non-hydrogen) atoms. The average molecular weight is 463 g/mol. The van der Waals surface area contributed by atoms with Crippen molar-refractivity contribution < 1.29 is 9.59 Å². The summed E-state index contributed by atoms with van der Waals surface area (Å²) in [4.78, 5) is 29.3. The van der Waals surface area contributed by atoms with Gasteiger partial charge in [-0.1, -0.05) is 30.1 Å². The van der Waals surface area contributed by atoms with Gasteiger partial charge in [-0.3, -0.25) is 9.59 Å². The molecule has 1 fully saturated rings. The van der Waals surface area contributed by atoms with E-state index in [-0.39, 0.29) is 11.8 Å². The maximum Gasteiger partial charge on any atom is 0.251 e. The van der Waals surface area contributed by atoms with E-state index in [1.165, 1.54) is 0 Å². The summed E-state index contributed by atoms with van der Waals surface area (Å²) in [6.45, 7) is 7.45. The minimum atomic E-state index is -0.180. The zero-order chi connectivity index (χ0) is 22.2. The van der Waals surface area contributed by atoms with E-state index in [1.807, 2.05) is 12.1 Å². The van der Waals surface area contributed by atoms with Gasteiger partial charge in [-0.2, -0.15) is 0 Å². The predicted molar refractivity (Wildman–Crippen MR) is 127 cm³/mol. The van der Waals surface area contributed by atoms with Gasteiger partial charge in [0, 0.05) is 54.8 Å². The molecule has 1 aliphatic rings. The van der Waals surface area contributed by atoms with Crippen LogP contribution in [0.3, 0.4) is 0 Å². The zero-order valence-corrected chi connectivity index (χ0v) is 19.2. The van der Waals surface area contributed by atoms with E-state index in [1.54, 1.807) is 30.3 Å². The van der Waals surface area contributed by atoms with Gasteiger partial charge < -0.3 is 20.4 Å². The third-order valence-electron chi connectivity index (χ3n) is 5.37. The van der Waals surface area contributed by atoms with Crippen molar-refractivity contribution in [3.05, 3.63) is 58.1 Å². The zero-order valence-electron chi connectivity index (χ0n) is 17.7. The van der Waals surface area contributed by atoms with E-state index in [4.69, 9.17) is 23.2 Å². The molecule has 1 saturated heterocycles. The molecular weight excluding hydrogens is 435 g/mol. The molecule has 166 valence electrons.